The van der Waals surface area contributed by atoms with Gasteiger partial charge in [0.15, 0.2) is 0 Å². The molecule has 0 saturated heterocycles. The van der Waals surface area contributed by atoms with Crippen LogP contribution in [0.4, 0.5) is 4.79 Å². The first-order valence-electron chi connectivity index (χ1n) is 6.32. The van der Waals surface area contributed by atoms with Crippen LogP contribution in [0.1, 0.15) is 6.92 Å². The first kappa shape index (κ1) is 16.2. The number of fused-ring (bicyclic) bond motifs is 1. The van der Waals surface area contributed by atoms with Crippen LogP contribution in [0.2, 0.25) is 0 Å². The summed E-state index contributed by atoms with van der Waals surface area (Å²) in [5.74, 6) is 0.129. The highest BCUT2D eigenvalue weighted by molar-refractivity contribution is 5.92. The van der Waals surface area contributed by atoms with Crippen molar-refractivity contribution in [2.24, 2.45) is 5.73 Å². The van der Waals surface area contributed by atoms with Crippen molar-refractivity contribution >= 4 is 22.8 Å². The Hall–Kier alpha value is -2.82. The fourth-order valence-electron chi connectivity index (χ4n) is 1.58. The fourth-order valence-corrected chi connectivity index (χ4v) is 1.58. The van der Waals surface area contributed by atoms with Gasteiger partial charge in [0.2, 0.25) is 0 Å². The molecule has 0 aliphatic rings. The number of benzene rings is 2. The fraction of sp³-hybridized carbons (Fsp3) is 0.125. The second-order valence-electron chi connectivity index (χ2n) is 3.85. The van der Waals surface area contributed by atoms with Crippen molar-refractivity contribution in [2.45, 2.75) is 6.92 Å². The van der Waals surface area contributed by atoms with Gasteiger partial charge >= 0.3 is 12.1 Å². The maximum absolute atomic E-state index is 11.1. The van der Waals surface area contributed by atoms with Gasteiger partial charge in [0.1, 0.15) is 5.75 Å². The van der Waals surface area contributed by atoms with E-state index in [-0.39, 0.29) is 0 Å². The SMILES string of the molecule is C=CC(=O)Oc1cccc2ccccc12.CCOC(N)=O. The van der Waals surface area contributed by atoms with E-state index in [4.69, 9.17) is 4.74 Å². The smallest absolute Gasteiger partial charge is 0.404 e. The third kappa shape index (κ3) is 5.36. The Morgan fingerprint density at radius 1 is 1.19 bits per heavy atom. The predicted octanol–water partition coefficient (Wildman–Crippen LogP) is 3.03. The van der Waals surface area contributed by atoms with Crippen molar-refractivity contribution in [1.82, 2.24) is 0 Å². The van der Waals surface area contributed by atoms with Crippen LogP contribution in [0, 0.1) is 0 Å². The summed E-state index contributed by atoms with van der Waals surface area (Å²) in [4.78, 5) is 20.7. The first-order valence-corrected chi connectivity index (χ1v) is 6.32. The van der Waals surface area contributed by atoms with Gasteiger partial charge in [-0.3, -0.25) is 0 Å². The zero-order valence-corrected chi connectivity index (χ0v) is 11.7. The molecule has 0 unspecified atom stereocenters. The van der Waals surface area contributed by atoms with E-state index in [9.17, 15) is 9.59 Å². The molecule has 0 aliphatic carbocycles. The molecule has 5 nitrogen and oxygen atoms in total. The summed E-state index contributed by atoms with van der Waals surface area (Å²) in [5, 5.41) is 1.97. The second kappa shape index (κ2) is 8.37. The van der Waals surface area contributed by atoms with E-state index in [0.29, 0.717) is 12.4 Å². The van der Waals surface area contributed by atoms with Crippen LogP contribution in [0.25, 0.3) is 10.8 Å². The molecule has 0 atom stereocenters. The lowest BCUT2D eigenvalue weighted by Crippen LogP contribution is -2.11. The van der Waals surface area contributed by atoms with Crippen molar-refractivity contribution in [3.05, 3.63) is 55.1 Å². The standard InChI is InChI=1S/C13H10O2.C3H7NO2/c1-2-13(14)15-12-9-5-7-10-6-3-4-8-11(10)12;1-2-6-3(4)5/h2-9H,1H2;2H2,1H3,(H2,4,5). The molecule has 0 heterocycles. The minimum absolute atomic E-state index is 0.356. The molecule has 21 heavy (non-hydrogen) atoms. The van der Waals surface area contributed by atoms with Crippen LogP contribution in [0.15, 0.2) is 55.1 Å². The maximum atomic E-state index is 11.1. The van der Waals surface area contributed by atoms with Gasteiger partial charge in [-0.1, -0.05) is 43.0 Å². The number of esters is 1. The number of hydrogen-bond acceptors (Lipinski definition) is 4. The zero-order valence-electron chi connectivity index (χ0n) is 11.7. The number of rotatable bonds is 3. The van der Waals surface area contributed by atoms with Crippen molar-refractivity contribution < 1.29 is 19.1 Å². The number of amides is 1. The molecule has 0 spiro atoms. The summed E-state index contributed by atoms with van der Waals surface area (Å²) >= 11 is 0. The van der Waals surface area contributed by atoms with Crippen molar-refractivity contribution in [3.63, 3.8) is 0 Å². The first-order chi connectivity index (χ1) is 10.1. The van der Waals surface area contributed by atoms with Gasteiger partial charge in [-0.05, 0) is 18.4 Å². The van der Waals surface area contributed by atoms with Gasteiger partial charge in [0, 0.05) is 11.5 Å². The van der Waals surface area contributed by atoms with Crippen LogP contribution >= 0.6 is 0 Å². The minimum Gasteiger partial charge on any atom is -0.450 e. The average molecular weight is 287 g/mol. The summed E-state index contributed by atoms with van der Waals surface area (Å²) in [7, 11) is 0. The Morgan fingerprint density at radius 2 is 1.86 bits per heavy atom. The topological polar surface area (TPSA) is 78.6 Å². The van der Waals surface area contributed by atoms with Crippen molar-refractivity contribution in [1.29, 1.82) is 0 Å². The molecular weight excluding hydrogens is 270 g/mol. The maximum Gasteiger partial charge on any atom is 0.404 e. The molecule has 2 N–H and O–H groups in total. The zero-order chi connectivity index (χ0) is 15.7. The minimum atomic E-state index is -0.711. The molecule has 1 amide bonds. The Morgan fingerprint density at radius 3 is 2.43 bits per heavy atom. The van der Waals surface area contributed by atoms with E-state index in [1.165, 1.54) is 0 Å². The molecule has 2 aromatic carbocycles. The van der Waals surface area contributed by atoms with E-state index in [1.807, 2.05) is 36.4 Å². The van der Waals surface area contributed by atoms with Gasteiger partial charge in [-0.15, -0.1) is 0 Å². The molecule has 2 aromatic rings. The van der Waals surface area contributed by atoms with E-state index in [2.05, 4.69) is 17.0 Å². The third-order valence-corrected chi connectivity index (χ3v) is 2.41. The summed E-state index contributed by atoms with van der Waals surface area (Å²) in [6, 6.07) is 13.3. The Kier molecular flexibility index (Phi) is 6.47. The van der Waals surface area contributed by atoms with Gasteiger partial charge in [-0.25, -0.2) is 9.59 Å². The molecule has 2 rings (SSSR count). The number of nitrogens with two attached hydrogens (primary N) is 1. The molecule has 0 aliphatic heterocycles. The van der Waals surface area contributed by atoms with E-state index in [1.54, 1.807) is 13.0 Å². The molecule has 0 fully saturated rings. The van der Waals surface area contributed by atoms with Gasteiger partial charge < -0.3 is 15.2 Å². The predicted molar refractivity (Wildman–Crippen MR) is 81.0 cm³/mol. The summed E-state index contributed by atoms with van der Waals surface area (Å²) < 4.78 is 9.30. The Balaban J connectivity index is 0.000000315. The molecule has 5 heteroatoms. The normalized spacial score (nSPS) is 9.19. The van der Waals surface area contributed by atoms with Gasteiger partial charge in [-0.2, -0.15) is 0 Å². The lowest BCUT2D eigenvalue weighted by atomic mass is 10.1. The number of carbonyl (C=O) groups is 2. The number of primary amides is 1. The quantitative estimate of drug-likeness (QED) is 0.534. The number of ether oxygens (including phenoxy) is 2. The largest absolute Gasteiger partial charge is 0.450 e. The Labute approximate surface area is 123 Å². The summed E-state index contributed by atoms with van der Waals surface area (Å²) in [5.41, 5.74) is 4.54. The highest BCUT2D eigenvalue weighted by Gasteiger charge is 2.03. The van der Waals surface area contributed by atoms with Crippen LogP contribution in [0.5, 0.6) is 5.75 Å². The van der Waals surface area contributed by atoms with Gasteiger partial charge in [0.25, 0.3) is 0 Å². The molecule has 110 valence electrons. The second-order valence-corrected chi connectivity index (χ2v) is 3.85. The monoisotopic (exact) mass is 287 g/mol. The highest BCUT2D eigenvalue weighted by Crippen LogP contribution is 2.25. The van der Waals surface area contributed by atoms with Crippen LogP contribution in [-0.4, -0.2) is 18.7 Å². The Bertz CT molecular complexity index is 632. The third-order valence-electron chi connectivity index (χ3n) is 2.41. The molecule has 0 radical (unpaired) electrons. The van der Waals surface area contributed by atoms with Gasteiger partial charge in [0.05, 0.1) is 6.61 Å². The lowest BCUT2D eigenvalue weighted by Gasteiger charge is -2.05. The summed E-state index contributed by atoms with van der Waals surface area (Å²) in [6.45, 7) is 5.42. The van der Waals surface area contributed by atoms with Crippen molar-refractivity contribution in [2.75, 3.05) is 6.61 Å². The van der Waals surface area contributed by atoms with E-state index < -0.39 is 12.1 Å². The van der Waals surface area contributed by atoms with E-state index in [0.717, 1.165) is 16.8 Å². The highest BCUT2D eigenvalue weighted by atomic mass is 16.5. The molecule has 0 aromatic heterocycles. The molecule has 0 saturated carbocycles. The lowest BCUT2D eigenvalue weighted by molar-refractivity contribution is -0.128. The molecular formula is C16H17NO4. The van der Waals surface area contributed by atoms with Crippen LogP contribution < -0.4 is 10.5 Å². The number of hydrogen-bond donors (Lipinski definition) is 1. The van der Waals surface area contributed by atoms with Crippen molar-refractivity contribution in [3.8, 4) is 5.75 Å². The van der Waals surface area contributed by atoms with Crippen LogP contribution in [-0.2, 0) is 9.53 Å². The van der Waals surface area contributed by atoms with Crippen LogP contribution in [0.3, 0.4) is 0 Å². The average Bonchev–Trinajstić information content (AvgIpc) is 2.48. The van der Waals surface area contributed by atoms with E-state index >= 15 is 0 Å². The number of carbonyl (C=O) groups excluding carboxylic acids is 2. The summed E-state index contributed by atoms with van der Waals surface area (Å²) in [6.07, 6.45) is 0.444. The molecule has 0 bridgehead atoms.